The smallest absolute Gasteiger partial charge is 0.0256 e. The van der Waals surface area contributed by atoms with Gasteiger partial charge in [-0.15, -0.1) is 0 Å². The molecule has 0 spiro atoms. The third-order valence-corrected chi connectivity index (χ3v) is 8.69. The Kier molecular flexibility index (Phi) is 3.13. The van der Waals surface area contributed by atoms with Crippen LogP contribution in [-0.2, 0) is 5.41 Å². The number of rotatable bonds is 1. The van der Waals surface area contributed by atoms with Crippen LogP contribution in [0.25, 0.3) is 0 Å². The summed E-state index contributed by atoms with van der Waals surface area (Å²) in [6.45, 7) is 0. The number of benzene rings is 1. The zero-order valence-corrected chi connectivity index (χ0v) is 17.2. The quantitative estimate of drug-likeness (QED) is 0.286. The van der Waals surface area contributed by atoms with Gasteiger partial charge in [0.05, 0.1) is 0 Å². The van der Waals surface area contributed by atoms with E-state index in [-0.39, 0.29) is 0 Å². The average molecular weight is 590 g/mol. The third-order valence-electron chi connectivity index (χ3n) is 5.25. The lowest BCUT2D eigenvalue weighted by atomic mass is 9.48. The predicted molar refractivity (Wildman–Crippen MR) is 106 cm³/mol. The van der Waals surface area contributed by atoms with Crippen molar-refractivity contribution in [3.8, 4) is 0 Å². The fourth-order valence-corrected chi connectivity index (χ4v) is 14.1. The van der Waals surface area contributed by atoms with Crippen molar-refractivity contribution < 1.29 is 0 Å². The Hall–Kier alpha value is 1.41. The molecule has 4 bridgehead atoms. The van der Waals surface area contributed by atoms with E-state index in [1.165, 1.54) is 38.5 Å². The molecule has 0 aromatic heterocycles. The van der Waals surface area contributed by atoms with Crippen molar-refractivity contribution in [1.82, 2.24) is 0 Å². The molecule has 1 aromatic rings. The topological polar surface area (TPSA) is 0 Å². The van der Waals surface area contributed by atoms with Crippen molar-refractivity contribution >= 4 is 67.8 Å². The van der Waals surface area contributed by atoms with Crippen molar-refractivity contribution in [2.75, 3.05) is 0 Å². The summed E-state index contributed by atoms with van der Waals surface area (Å²) in [6, 6.07) is 11.4. The average Bonchev–Trinajstić information content (AvgIpc) is 2.23. The molecule has 0 heterocycles. The molecule has 0 aliphatic heterocycles. The minimum absolute atomic E-state index is 0.458. The minimum atomic E-state index is 0.458. The highest BCUT2D eigenvalue weighted by Crippen LogP contribution is 2.72. The first-order valence-electron chi connectivity index (χ1n) is 6.97. The summed E-state index contributed by atoms with van der Waals surface area (Å²) in [7, 11) is 0. The van der Waals surface area contributed by atoms with E-state index >= 15 is 0 Å². The first-order valence-corrected chi connectivity index (χ1v) is 10.2. The number of hydrogen-bond donors (Lipinski definition) is 0. The maximum absolute atomic E-state index is 2.81. The van der Waals surface area contributed by atoms with E-state index in [9.17, 15) is 0 Å². The molecule has 4 aliphatic rings. The lowest BCUT2D eigenvalue weighted by Crippen LogP contribution is -2.65. The van der Waals surface area contributed by atoms with Crippen LogP contribution in [0.1, 0.15) is 44.1 Å². The third kappa shape index (κ3) is 2.23. The van der Waals surface area contributed by atoms with Crippen LogP contribution in [0.4, 0.5) is 0 Å². The van der Waals surface area contributed by atoms with Gasteiger partial charge in [0.2, 0.25) is 0 Å². The SMILES string of the molecule is IC12CC3(I)CC(I)(C1)CC(c1ccccc1)(C2)C3. The molecule has 4 aliphatic carbocycles. The summed E-state index contributed by atoms with van der Waals surface area (Å²) < 4.78 is 1.64. The Morgan fingerprint density at radius 1 is 0.632 bits per heavy atom. The molecular formula is C16H17I3. The predicted octanol–water partition coefficient (Wildman–Crippen LogP) is 5.83. The summed E-state index contributed by atoms with van der Waals surface area (Å²) in [5.74, 6) is 0. The normalized spacial score (nSPS) is 51.5. The Morgan fingerprint density at radius 3 is 1.47 bits per heavy atom. The molecule has 0 amide bonds. The van der Waals surface area contributed by atoms with Gasteiger partial charge in [0.25, 0.3) is 0 Å². The number of halogens is 3. The standard InChI is InChI=1S/C16H17I3/c17-14-6-13(12-4-2-1-3-5-12)7-15(18,9-14)11-16(19,8-13)10-14/h1-5H,6-11H2. The fraction of sp³-hybridized carbons (Fsp3) is 0.625. The van der Waals surface area contributed by atoms with Crippen LogP contribution in [0.5, 0.6) is 0 Å². The second-order valence-electron chi connectivity index (χ2n) is 7.16. The van der Waals surface area contributed by atoms with Crippen molar-refractivity contribution in [2.45, 2.75) is 54.2 Å². The van der Waals surface area contributed by atoms with E-state index in [1.807, 2.05) is 0 Å². The molecular weight excluding hydrogens is 573 g/mol. The maximum Gasteiger partial charge on any atom is 0.0256 e. The van der Waals surface area contributed by atoms with Gasteiger partial charge in [0.1, 0.15) is 0 Å². The fourth-order valence-electron chi connectivity index (χ4n) is 5.37. The Labute approximate surface area is 156 Å². The molecule has 4 saturated carbocycles. The molecule has 1 aromatic carbocycles. The molecule has 102 valence electrons. The van der Waals surface area contributed by atoms with E-state index in [0.29, 0.717) is 15.7 Å². The molecule has 0 nitrogen and oxygen atoms in total. The van der Waals surface area contributed by atoms with Gasteiger partial charge < -0.3 is 0 Å². The number of hydrogen-bond acceptors (Lipinski definition) is 0. The highest BCUT2D eigenvalue weighted by atomic mass is 127. The highest BCUT2D eigenvalue weighted by Gasteiger charge is 2.66. The van der Waals surface area contributed by atoms with E-state index in [0.717, 1.165) is 0 Å². The van der Waals surface area contributed by atoms with Crippen molar-refractivity contribution in [2.24, 2.45) is 0 Å². The number of alkyl halides is 3. The van der Waals surface area contributed by atoms with Crippen molar-refractivity contribution in [1.29, 1.82) is 0 Å². The van der Waals surface area contributed by atoms with Gasteiger partial charge in [-0.3, -0.25) is 0 Å². The zero-order chi connectivity index (χ0) is 13.4. The molecule has 0 unspecified atom stereocenters. The Balaban J connectivity index is 1.86. The zero-order valence-electron chi connectivity index (χ0n) is 10.8. The van der Waals surface area contributed by atoms with Crippen LogP contribution in [-0.4, -0.2) is 10.3 Å². The van der Waals surface area contributed by atoms with Gasteiger partial charge in [0, 0.05) is 10.3 Å². The van der Waals surface area contributed by atoms with Gasteiger partial charge in [-0.2, -0.15) is 0 Å². The summed E-state index contributed by atoms with van der Waals surface area (Å²) in [6.07, 6.45) is 8.50. The minimum Gasteiger partial charge on any atom is -0.0787 e. The van der Waals surface area contributed by atoms with Crippen LogP contribution in [0, 0.1) is 0 Å². The molecule has 0 N–H and O–H groups in total. The molecule has 0 saturated heterocycles. The van der Waals surface area contributed by atoms with E-state index in [1.54, 1.807) is 5.56 Å². The van der Waals surface area contributed by atoms with Gasteiger partial charge >= 0.3 is 0 Å². The van der Waals surface area contributed by atoms with Crippen LogP contribution in [0.3, 0.4) is 0 Å². The van der Waals surface area contributed by atoms with Crippen LogP contribution in [0.2, 0.25) is 0 Å². The van der Waals surface area contributed by atoms with Crippen LogP contribution >= 0.6 is 67.8 Å². The first kappa shape index (κ1) is 14.0. The molecule has 19 heavy (non-hydrogen) atoms. The van der Waals surface area contributed by atoms with Crippen LogP contribution < -0.4 is 0 Å². The van der Waals surface area contributed by atoms with Crippen LogP contribution in [0.15, 0.2) is 30.3 Å². The first-order chi connectivity index (χ1) is 8.85. The second kappa shape index (κ2) is 4.24. The lowest BCUT2D eigenvalue weighted by Gasteiger charge is -2.67. The van der Waals surface area contributed by atoms with E-state index in [4.69, 9.17) is 0 Å². The lowest BCUT2D eigenvalue weighted by molar-refractivity contribution is 0.0702. The van der Waals surface area contributed by atoms with Gasteiger partial charge in [0.15, 0.2) is 0 Å². The largest absolute Gasteiger partial charge is 0.0787 e. The van der Waals surface area contributed by atoms with Gasteiger partial charge in [-0.05, 0) is 49.5 Å². The van der Waals surface area contributed by atoms with Gasteiger partial charge in [-0.1, -0.05) is 98.1 Å². The second-order valence-corrected chi connectivity index (χ2v) is 14.0. The van der Waals surface area contributed by atoms with Crippen molar-refractivity contribution in [3.05, 3.63) is 35.9 Å². The molecule has 3 heteroatoms. The summed E-state index contributed by atoms with van der Waals surface area (Å²) in [5, 5.41) is 0. The van der Waals surface area contributed by atoms with E-state index < -0.39 is 0 Å². The van der Waals surface area contributed by atoms with Gasteiger partial charge in [-0.25, -0.2) is 0 Å². The highest BCUT2D eigenvalue weighted by molar-refractivity contribution is 14.1. The summed E-state index contributed by atoms with van der Waals surface area (Å²) >= 11 is 8.44. The molecule has 4 fully saturated rings. The molecule has 0 radical (unpaired) electrons. The summed E-state index contributed by atoms with van der Waals surface area (Å²) in [4.78, 5) is 0. The molecule has 0 atom stereocenters. The van der Waals surface area contributed by atoms with E-state index in [2.05, 4.69) is 98.1 Å². The maximum atomic E-state index is 2.81. The monoisotopic (exact) mass is 590 g/mol. The summed E-state index contributed by atoms with van der Waals surface area (Å²) in [5.41, 5.74) is 2.07. The Morgan fingerprint density at radius 2 is 1.05 bits per heavy atom. The molecule has 5 rings (SSSR count). The van der Waals surface area contributed by atoms with Crippen molar-refractivity contribution in [3.63, 3.8) is 0 Å². The Bertz CT molecular complexity index is 471.